The van der Waals surface area contributed by atoms with Gasteiger partial charge in [0.15, 0.2) is 5.13 Å². The number of carbonyl (C=O) groups excluding carboxylic acids is 1. The molecule has 0 aliphatic heterocycles. The van der Waals surface area contributed by atoms with Crippen molar-refractivity contribution in [2.45, 2.75) is 13.0 Å². The number of amides is 1. The second-order valence-electron chi connectivity index (χ2n) is 4.86. The van der Waals surface area contributed by atoms with Gasteiger partial charge < -0.3 is 15.0 Å². The van der Waals surface area contributed by atoms with E-state index in [1.807, 2.05) is 13.0 Å². The van der Waals surface area contributed by atoms with Crippen LogP contribution in [-0.2, 0) is 9.53 Å². The Kier molecular flexibility index (Phi) is 5.08. The minimum atomic E-state index is -0.346. The van der Waals surface area contributed by atoms with Crippen LogP contribution in [0.3, 0.4) is 0 Å². The van der Waals surface area contributed by atoms with Crippen LogP contribution in [-0.4, -0.2) is 44.2 Å². The van der Waals surface area contributed by atoms with Crippen molar-refractivity contribution in [2.75, 3.05) is 32.2 Å². The predicted octanol–water partition coefficient (Wildman–Crippen LogP) is 2.02. The Labute approximate surface area is 126 Å². The second kappa shape index (κ2) is 6.82. The van der Waals surface area contributed by atoms with Crippen molar-refractivity contribution in [2.24, 2.45) is 0 Å². The van der Waals surface area contributed by atoms with Gasteiger partial charge in [0, 0.05) is 20.2 Å². The maximum Gasteiger partial charge on any atom is 0.239 e. The fourth-order valence-electron chi connectivity index (χ4n) is 1.96. The van der Waals surface area contributed by atoms with Crippen LogP contribution in [0.5, 0.6) is 0 Å². The summed E-state index contributed by atoms with van der Waals surface area (Å²) in [7, 11) is 3.35. The molecule has 1 aromatic carbocycles. The van der Waals surface area contributed by atoms with Gasteiger partial charge in [-0.1, -0.05) is 17.4 Å². The van der Waals surface area contributed by atoms with E-state index in [9.17, 15) is 9.18 Å². The number of rotatable bonds is 6. The van der Waals surface area contributed by atoms with E-state index in [-0.39, 0.29) is 24.3 Å². The highest BCUT2D eigenvalue weighted by molar-refractivity contribution is 7.22. The van der Waals surface area contributed by atoms with Gasteiger partial charge in [0.25, 0.3) is 0 Å². The molecule has 1 amide bonds. The lowest BCUT2D eigenvalue weighted by Gasteiger charge is -2.17. The molecule has 21 heavy (non-hydrogen) atoms. The molecule has 1 heterocycles. The Bertz CT molecular complexity index is 632. The minimum absolute atomic E-state index is 0.0521. The first kappa shape index (κ1) is 15.7. The number of anilines is 1. The van der Waals surface area contributed by atoms with E-state index >= 15 is 0 Å². The van der Waals surface area contributed by atoms with Gasteiger partial charge in [-0.05, 0) is 19.1 Å². The zero-order chi connectivity index (χ0) is 15.4. The summed E-state index contributed by atoms with van der Waals surface area (Å²) in [5.41, 5.74) is 0.345. The Morgan fingerprint density at radius 1 is 1.57 bits per heavy atom. The average molecular weight is 311 g/mol. The number of fused-ring (bicyclic) bond motifs is 1. The number of thiazole rings is 1. The zero-order valence-electron chi connectivity index (χ0n) is 12.2. The van der Waals surface area contributed by atoms with Crippen molar-refractivity contribution in [1.82, 2.24) is 10.3 Å². The summed E-state index contributed by atoms with van der Waals surface area (Å²) in [5.74, 6) is -0.469. The number of carbonyl (C=O) groups is 1. The van der Waals surface area contributed by atoms with Crippen molar-refractivity contribution in [3.05, 3.63) is 24.0 Å². The van der Waals surface area contributed by atoms with E-state index in [4.69, 9.17) is 4.74 Å². The summed E-state index contributed by atoms with van der Waals surface area (Å²) in [5, 5.41) is 3.44. The Morgan fingerprint density at radius 2 is 2.33 bits per heavy atom. The van der Waals surface area contributed by atoms with Crippen LogP contribution < -0.4 is 10.2 Å². The van der Waals surface area contributed by atoms with E-state index in [1.165, 1.54) is 17.4 Å². The lowest BCUT2D eigenvalue weighted by Crippen LogP contribution is -2.41. The molecule has 0 radical (unpaired) electrons. The van der Waals surface area contributed by atoms with Crippen LogP contribution in [0.1, 0.15) is 6.92 Å². The number of halogens is 1. The van der Waals surface area contributed by atoms with Gasteiger partial charge in [0.05, 0.1) is 17.9 Å². The molecule has 0 saturated heterocycles. The molecule has 1 unspecified atom stereocenters. The number of hydrogen-bond acceptors (Lipinski definition) is 5. The summed E-state index contributed by atoms with van der Waals surface area (Å²) in [6.07, 6.45) is 0. The Morgan fingerprint density at radius 3 is 3.00 bits per heavy atom. The first-order valence-electron chi connectivity index (χ1n) is 6.55. The number of methoxy groups -OCH3 is 1. The van der Waals surface area contributed by atoms with E-state index in [0.29, 0.717) is 17.3 Å². The monoisotopic (exact) mass is 311 g/mol. The highest BCUT2D eigenvalue weighted by atomic mass is 32.1. The van der Waals surface area contributed by atoms with Crippen molar-refractivity contribution in [3.8, 4) is 0 Å². The third-order valence-corrected chi connectivity index (χ3v) is 4.02. The molecule has 0 bridgehead atoms. The van der Waals surface area contributed by atoms with Gasteiger partial charge in [0.2, 0.25) is 5.91 Å². The maximum absolute atomic E-state index is 13.6. The van der Waals surface area contributed by atoms with Gasteiger partial charge in [0.1, 0.15) is 11.3 Å². The number of benzene rings is 1. The normalized spacial score (nSPS) is 12.4. The quantitative estimate of drug-likeness (QED) is 0.887. The third kappa shape index (κ3) is 3.89. The molecular weight excluding hydrogens is 293 g/mol. The molecule has 0 aliphatic carbocycles. The summed E-state index contributed by atoms with van der Waals surface area (Å²) in [4.78, 5) is 17.8. The van der Waals surface area contributed by atoms with Crippen molar-refractivity contribution in [3.63, 3.8) is 0 Å². The number of hydrogen-bond donors (Lipinski definition) is 1. The highest BCUT2D eigenvalue weighted by Crippen LogP contribution is 2.29. The molecule has 1 N–H and O–H groups in total. The van der Waals surface area contributed by atoms with Crippen molar-refractivity contribution < 1.29 is 13.9 Å². The average Bonchev–Trinajstić information content (AvgIpc) is 2.84. The number of nitrogens with zero attached hydrogens (tertiary/aromatic N) is 2. The van der Waals surface area contributed by atoms with Crippen LogP contribution in [0.2, 0.25) is 0 Å². The minimum Gasteiger partial charge on any atom is -0.383 e. The van der Waals surface area contributed by atoms with Gasteiger partial charge in [-0.25, -0.2) is 9.37 Å². The van der Waals surface area contributed by atoms with Gasteiger partial charge in [-0.3, -0.25) is 4.79 Å². The second-order valence-corrected chi connectivity index (χ2v) is 5.87. The molecule has 0 aliphatic rings. The lowest BCUT2D eigenvalue weighted by atomic mass is 10.3. The van der Waals surface area contributed by atoms with Crippen LogP contribution in [0.25, 0.3) is 10.2 Å². The maximum atomic E-state index is 13.6. The highest BCUT2D eigenvalue weighted by Gasteiger charge is 2.15. The van der Waals surface area contributed by atoms with Gasteiger partial charge in [-0.2, -0.15) is 0 Å². The summed E-state index contributed by atoms with van der Waals surface area (Å²) < 4.78 is 19.4. The first-order valence-corrected chi connectivity index (χ1v) is 7.37. The molecule has 2 rings (SSSR count). The molecule has 2 aromatic rings. The largest absolute Gasteiger partial charge is 0.383 e. The SMILES string of the molecule is COCC(C)NC(=O)CN(C)c1nc2c(F)cccc2s1. The molecule has 7 heteroatoms. The van der Waals surface area contributed by atoms with Crippen LogP contribution in [0.4, 0.5) is 9.52 Å². The molecule has 0 spiro atoms. The first-order chi connectivity index (χ1) is 10.0. The summed E-state index contributed by atoms with van der Waals surface area (Å²) >= 11 is 1.36. The standard InChI is InChI=1S/C14H18FN3O2S/c1-9(8-20-3)16-12(19)7-18(2)14-17-13-10(15)5-4-6-11(13)21-14/h4-6,9H,7-8H2,1-3H3,(H,16,19). The summed E-state index contributed by atoms with van der Waals surface area (Å²) in [6, 6.07) is 4.79. The Balaban J connectivity index is 2.03. The molecule has 0 saturated carbocycles. The molecule has 114 valence electrons. The smallest absolute Gasteiger partial charge is 0.239 e. The topological polar surface area (TPSA) is 54.5 Å². The van der Waals surface area contributed by atoms with Gasteiger partial charge in [-0.15, -0.1) is 0 Å². The number of para-hydroxylation sites is 1. The fourth-order valence-corrected chi connectivity index (χ4v) is 2.90. The van der Waals surface area contributed by atoms with E-state index in [2.05, 4.69) is 10.3 Å². The zero-order valence-corrected chi connectivity index (χ0v) is 13.0. The fraction of sp³-hybridized carbons (Fsp3) is 0.429. The van der Waals surface area contributed by atoms with Crippen molar-refractivity contribution >= 4 is 32.6 Å². The van der Waals surface area contributed by atoms with E-state index in [0.717, 1.165) is 4.70 Å². The van der Waals surface area contributed by atoms with Crippen LogP contribution in [0, 0.1) is 5.82 Å². The number of aromatic nitrogens is 1. The lowest BCUT2D eigenvalue weighted by molar-refractivity contribution is -0.120. The van der Waals surface area contributed by atoms with Crippen LogP contribution in [0.15, 0.2) is 18.2 Å². The molecule has 5 nitrogen and oxygen atoms in total. The third-order valence-electron chi connectivity index (χ3n) is 2.89. The molecule has 0 fully saturated rings. The van der Waals surface area contributed by atoms with Crippen LogP contribution >= 0.6 is 11.3 Å². The summed E-state index contributed by atoms with van der Waals surface area (Å²) in [6.45, 7) is 2.49. The number of nitrogens with one attached hydrogen (secondary N) is 1. The Hall–Kier alpha value is -1.73. The van der Waals surface area contributed by atoms with E-state index < -0.39 is 0 Å². The molecule has 1 aromatic heterocycles. The van der Waals surface area contributed by atoms with Gasteiger partial charge >= 0.3 is 0 Å². The predicted molar refractivity (Wildman–Crippen MR) is 82.3 cm³/mol. The number of ether oxygens (including phenoxy) is 1. The molecule has 1 atom stereocenters. The number of likely N-dealkylation sites (N-methyl/N-ethyl adjacent to an activating group) is 1. The molecular formula is C14H18FN3O2S. The van der Waals surface area contributed by atoms with E-state index in [1.54, 1.807) is 25.1 Å². The van der Waals surface area contributed by atoms with Crippen molar-refractivity contribution in [1.29, 1.82) is 0 Å².